The molecule has 122 valence electrons. The highest BCUT2D eigenvalue weighted by atomic mass is 16.5. The molecule has 0 bridgehead atoms. The van der Waals surface area contributed by atoms with Gasteiger partial charge in [-0.15, -0.1) is 0 Å². The average Bonchev–Trinajstić information content (AvgIpc) is 2.55. The van der Waals surface area contributed by atoms with Gasteiger partial charge < -0.3 is 15.8 Å². The Morgan fingerprint density at radius 3 is 2.43 bits per heavy atom. The molecule has 0 aliphatic heterocycles. The Bertz CT molecular complexity index is 664. The van der Waals surface area contributed by atoms with Gasteiger partial charge in [0.25, 0.3) is 0 Å². The van der Waals surface area contributed by atoms with Crippen LogP contribution in [0.15, 0.2) is 42.5 Å². The molecule has 0 saturated carbocycles. The fourth-order valence-electron chi connectivity index (χ4n) is 2.19. The van der Waals surface area contributed by atoms with E-state index in [1.54, 1.807) is 18.2 Å². The van der Waals surface area contributed by atoms with Gasteiger partial charge in [-0.25, -0.2) is 4.79 Å². The van der Waals surface area contributed by atoms with E-state index in [9.17, 15) is 4.79 Å². The highest BCUT2D eigenvalue weighted by Gasteiger charge is 2.09. The van der Waals surface area contributed by atoms with Crippen LogP contribution in [0.1, 0.15) is 49.0 Å². The van der Waals surface area contributed by atoms with Gasteiger partial charge in [-0.3, -0.25) is 0 Å². The molecule has 2 aromatic rings. The van der Waals surface area contributed by atoms with E-state index < -0.39 is 0 Å². The van der Waals surface area contributed by atoms with Crippen LogP contribution in [0, 0.1) is 0 Å². The maximum atomic E-state index is 11.8. The molecule has 0 heterocycles. The van der Waals surface area contributed by atoms with E-state index >= 15 is 0 Å². The molecule has 23 heavy (non-hydrogen) atoms. The fourth-order valence-corrected chi connectivity index (χ4v) is 2.19. The SMILES string of the molecule is CCCOC(=O)c1ccc(Nc2ccc(C(C)C)cc2)c(N)c1. The number of esters is 1. The Kier molecular flexibility index (Phi) is 5.63. The second kappa shape index (κ2) is 7.68. The number of ether oxygens (including phenoxy) is 1. The van der Waals surface area contributed by atoms with Gasteiger partial charge in [-0.2, -0.15) is 0 Å². The summed E-state index contributed by atoms with van der Waals surface area (Å²) in [5, 5.41) is 3.27. The molecule has 0 amide bonds. The molecule has 4 nitrogen and oxygen atoms in total. The molecular formula is C19H24N2O2. The van der Waals surface area contributed by atoms with Crippen molar-refractivity contribution in [1.82, 2.24) is 0 Å². The zero-order chi connectivity index (χ0) is 16.8. The van der Waals surface area contributed by atoms with Crippen LogP contribution in [0.25, 0.3) is 0 Å². The third kappa shape index (κ3) is 4.49. The third-order valence-electron chi connectivity index (χ3n) is 3.58. The molecule has 0 aliphatic carbocycles. The van der Waals surface area contributed by atoms with Crippen molar-refractivity contribution in [1.29, 1.82) is 0 Å². The highest BCUT2D eigenvalue weighted by molar-refractivity contribution is 5.92. The Labute approximate surface area is 137 Å². The van der Waals surface area contributed by atoms with Crippen molar-refractivity contribution in [2.75, 3.05) is 17.7 Å². The zero-order valence-electron chi connectivity index (χ0n) is 13.9. The van der Waals surface area contributed by atoms with Crippen molar-refractivity contribution in [3.8, 4) is 0 Å². The average molecular weight is 312 g/mol. The van der Waals surface area contributed by atoms with Crippen molar-refractivity contribution < 1.29 is 9.53 Å². The summed E-state index contributed by atoms with van der Waals surface area (Å²) in [6.45, 7) is 6.70. The number of hydrogen-bond acceptors (Lipinski definition) is 4. The number of anilines is 3. The van der Waals surface area contributed by atoms with Gasteiger partial charge in [0.15, 0.2) is 0 Å². The number of nitrogen functional groups attached to an aromatic ring is 1. The molecule has 0 aromatic heterocycles. The molecule has 3 N–H and O–H groups in total. The first-order valence-corrected chi connectivity index (χ1v) is 7.95. The summed E-state index contributed by atoms with van der Waals surface area (Å²) in [7, 11) is 0. The van der Waals surface area contributed by atoms with Crippen LogP contribution in [0.5, 0.6) is 0 Å². The van der Waals surface area contributed by atoms with Crippen LogP contribution in [-0.4, -0.2) is 12.6 Å². The van der Waals surface area contributed by atoms with Crippen molar-refractivity contribution in [2.24, 2.45) is 0 Å². The molecule has 0 aliphatic rings. The number of rotatable bonds is 6. The minimum atomic E-state index is -0.341. The summed E-state index contributed by atoms with van der Waals surface area (Å²) in [4.78, 5) is 11.8. The summed E-state index contributed by atoms with van der Waals surface area (Å²) in [6, 6.07) is 13.4. The quantitative estimate of drug-likeness (QED) is 0.599. The van der Waals surface area contributed by atoms with Crippen molar-refractivity contribution in [3.63, 3.8) is 0 Å². The molecular weight excluding hydrogens is 288 g/mol. The fraction of sp³-hybridized carbons (Fsp3) is 0.316. The predicted octanol–water partition coefficient (Wildman–Crippen LogP) is 4.70. The molecule has 0 atom stereocenters. The van der Waals surface area contributed by atoms with Gasteiger partial charge in [0.05, 0.1) is 23.5 Å². The van der Waals surface area contributed by atoms with E-state index in [1.807, 2.05) is 19.1 Å². The van der Waals surface area contributed by atoms with E-state index in [0.717, 1.165) is 17.8 Å². The van der Waals surface area contributed by atoms with Crippen LogP contribution in [0.3, 0.4) is 0 Å². The number of hydrogen-bond donors (Lipinski definition) is 2. The molecule has 2 rings (SSSR count). The number of nitrogens with one attached hydrogen (secondary N) is 1. The van der Waals surface area contributed by atoms with Gasteiger partial charge in [0, 0.05) is 5.69 Å². The first-order chi connectivity index (χ1) is 11.0. The summed E-state index contributed by atoms with van der Waals surface area (Å²) < 4.78 is 5.11. The lowest BCUT2D eigenvalue weighted by Crippen LogP contribution is -2.07. The Morgan fingerprint density at radius 1 is 1.17 bits per heavy atom. The number of benzene rings is 2. The van der Waals surface area contributed by atoms with Gasteiger partial charge in [-0.1, -0.05) is 32.9 Å². The van der Waals surface area contributed by atoms with E-state index in [2.05, 4.69) is 31.3 Å². The van der Waals surface area contributed by atoms with E-state index in [4.69, 9.17) is 10.5 Å². The first kappa shape index (κ1) is 16.9. The minimum absolute atomic E-state index is 0.341. The van der Waals surface area contributed by atoms with E-state index in [0.29, 0.717) is 23.8 Å². The van der Waals surface area contributed by atoms with Crippen LogP contribution < -0.4 is 11.1 Å². The summed E-state index contributed by atoms with van der Waals surface area (Å²) in [6.07, 6.45) is 0.799. The van der Waals surface area contributed by atoms with Crippen molar-refractivity contribution >= 4 is 23.0 Å². The normalized spacial score (nSPS) is 10.6. The molecule has 0 radical (unpaired) electrons. The summed E-state index contributed by atoms with van der Waals surface area (Å²) in [5.74, 6) is 0.161. The maximum Gasteiger partial charge on any atom is 0.338 e. The molecule has 0 fully saturated rings. The molecule has 4 heteroatoms. The monoisotopic (exact) mass is 312 g/mol. The van der Waals surface area contributed by atoms with Crippen LogP contribution in [0.4, 0.5) is 17.1 Å². The Balaban J connectivity index is 2.10. The van der Waals surface area contributed by atoms with Gasteiger partial charge in [-0.05, 0) is 48.2 Å². The van der Waals surface area contributed by atoms with Crippen LogP contribution in [-0.2, 0) is 4.74 Å². The third-order valence-corrected chi connectivity index (χ3v) is 3.58. The lowest BCUT2D eigenvalue weighted by Gasteiger charge is -2.12. The van der Waals surface area contributed by atoms with Crippen molar-refractivity contribution in [2.45, 2.75) is 33.1 Å². The smallest absolute Gasteiger partial charge is 0.338 e. The standard InChI is InChI=1S/C19H24N2O2/c1-4-11-23-19(22)15-7-10-18(17(20)12-15)21-16-8-5-14(6-9-16)13(2)3/h5-10,12-13,21H,4,11,20H2,1-3H3. The molecule has 2 aromatic carbocycles. The van der Waals surface area contributed by atoms with E-state index in [-0.39, 0.29) is 5.97 Å². The number of nitrogens with two attached hydrogens (primary N) is 1. The molecule has 0 spiro atoms. The lowest BCUT2D eigenvalue weighted by molar-refractivity contribution is 0.0505. The largest absolute Gasteiger partial charge is 0.462 e. The second-order valence-electron chi connectivity index (χ2n) is 5.84. The van der Waals surface area contributed by atoms with Crippen LogP contribution >= 0.6 is 0 Å². The predicted molar refractivity (Wildman–Crippen MR) is 95.2 cm³/mol. The highest BCUT2D eigenvalue weighted by Crippen LogP contribution is 2.25. The lowest BCUT2D eigenvalue weighted by atomic mass is 10.0. The van der Waals surface area contributed by atoms with Gasteiger partial charge >= 0.3 is 5.97 Å². The zero-order valence-corrected chi connectivity index (χ0v) is 13.9. The Morgan fingerprint density at radius 2 is 1.87 bits per heavy atom. The Hall–Kier alpha value is -2.49. The van der Waals surface area contributed by atoms with Crippen molar-refractivity contribution in [3.05, 3.63) is 53.6 Å². The van der Waals surface area contributed by atoms with Crippen LogP contribution in [0.2, 0.25) is 0 Å². The maximum absolute atomic E-state index is 11.8. The number of carbonyl (C=O) groups is 1. The minimum Gasteiger partial charge on any atom is -0.462 e. The molecule has 0 saturated heterocycles. The topological polar surface area (TPSA) is 64.3 Å². The van der Waals surface area contributed by atoms with E-state index in [1.165, 1.54) is 5.56 Å². The summed E-state index contributed by atoms with van der Waals surface area (Å²) >= 11 is 0. The van der Waals surface area contributed by atoms with Gasteiger partial charge in [0.2, 0.25) is 0 Å². The second-order valence-corrected chi connectivity index (χ2v) is 5.84. The number of carbonyl (C=O) groups excluding carboxylic acids is 1. The summed E-state index contributed by atoms with van der Waals surface area (Å²) in [5.41, 5.74) is 10.1. The first-order valence-electron chi connectivity index (χ1n) is 7.95. The molecule has 0 unspecified atom stereocenters. The van der Waals surface area contributed by atoms with Gasteiger partial charge in [0.1, 0.15) is 0 Å².